The van der Waals surface area contributed by atoms with Crippen LogP contribution in [0, 0.1) is 12.8 Å². The molecule has 2 aliphatic rings. The number of hydrogen-bond acceptors (Lipinski definition) is 2. The highest BCUT2D eigenvalue weighted by Gasteiger charge is 2.45. The molecule has 104 valence electrons. The normalized spacial score (nSPS) is 31.6. The van der Waals surface area contributed by atoms with E-state index < -0.39 is 0 Å². The molecule has 1 aliphatic heterocycles. The molecule has 0 bridgehead atoms. The van der Waals surface area contributed by atoms with Crippen molar-refractivity contribution in [3.63, 3.8) is 0 Å². The molecule has 1 aromatic rings. The zero-order chi connectivity index (χ0) is 13.6. The monoisotopic (exact) mass is 322 g/mol. The summed E-state index contributed by atoms with van der Waals surface area (Å²) in [6.45, 7) is 9.13. The minimum Gasteiger partial charge on any atom is -0.365 e. The fraction of sp³-hybridized carbons (Fsp3) is 0.625. The second-order valence-electron chi connectivity index (χ2n) is 6.43. The molecular weight excluding hydrogens is 300 g/mol. The van der Waals surface area contributed by atoms with Gasteiger partial charge in [0.25, 0.3) is 0 Å². The number of anilines is 1. The van der Waals surface area contributed by atoms with Crippen LogP contribution >= 0.6 is 15.9 Å². The van der Waals surface area contributed by atoms with Gasteiger partial charge in [-0.25, -0.2) is 0 Å². The molecule has 0 radical (unpaired) electrons. The number of rotatable bonds is 2. The van der Waals surface area contributed by atoms with Gasteiger partial charge in [-0.15, -0.1) is 0 Å². The van der Waals surface area contributed by atoms with Gasteiger partial charge in [0.1, 0.15) is 0 Å². The average molecular weight is 323 g/mol. The summed E-state index contributed by atoms with van der Waals surface area (Å²) in [6.07, 6.45) is 2.78. The Morgan fingerprint density at radius 1 is 1.37 bits per heavy atom. The van der Waals surface area contributed by atoms with Crippen LogP contribution in [0.3, 0.4) is 0 Å². The maximum atomic E-state index is 3.79. The Morgan fingerprint density at radius 2 is 2.11 bits per heavy atom. The molecule has 2 unspecified atom stereocenters. The summed E-state index contributed by atoms with van der Waals surface area (Å²) in [6, 6.07) is 7.09. The van der Waals surface area contributed by atoms with Crippen LogP contribution in [-0.2, 0) is 0 Å². The molecule has 3 heteroatoms. The fourth-order valence-corrected chi connectivity index (χ4v) is 3.64. The minimum atomic E-state index is 0.293. The SMILES string of the molecule is Cc1c(Br)cccc1N1CC(C)(C2CC2)NCC1C. The van der Waals surface area contributed by atoms with Crippen molar-refractivity contribution in [2.45, 2.75) is 45.2 Å². The van der Waals surface area contributed by atoms with Crippen molar-refractivity contribution in [2.24, 2.45) is 5.92 Å². The van der Waals surface area contributed by atoms with E-state index in [0.717, 1.165) is 19.0 Å². The molecule has 2 nitrogen and oxygen atoms in total. The van der Waals surface area contributed by atoms with E-state index in [0.29, 0.717) is 11.6 Å². The van der Waals surface area contributed by atoms with Gasteiger partial charge in [0.05, 0.1) is 0 Å². The molecule has 1 aliphatic carbocycles. The zero-order valence-corrected chi connectivity index (χ0v) is 13.6. The van der Waals surface area contributed by atoms with Crippen molar-refractivity contribution in [1.29, 1.82) is 0 Å². The Kier molecular flexibility index (Phi) is 3.38. The first-order valence-electron chi connectivity index (χ1n) is 7.28. The summed E-state index contributed by atoms with van der Waals surface area (Å²) in [5.74, 6) is 0.870. The van der Waals surface area contributed by atoms with E-state index in [1.807, 2.05) is 0 Å². The van der Waals surface area contributed by atoms with E-state index in [1.54, 1.807) is 0 Å². The number of hydrogen-bond donors (Lipinski definition) is 1. The predicted molar refractivity (Wildman–Crippen MR) is 84.8 cm³/mol. The van der Waals surface area contributed by atoms with Crippen LogP contribution in [0.2, 0.25) is 0 Å². The first-order valence-corrected chi connectivity index (χ1v) is 8.07. The van der Waals surface area contributed by atoms with E-state index in [9.17, 15) is 0 Å². The van der Waals surface area contributed by atoms with Crippen LogP contribution in [0.25, 0.3) is 0 Å². The summed E-state index contributed by atoms with van der Waals surface area (Å²) in [7, 11) is 0. The van der Waals surface area contributed by atoms with Crippen molar-refractivity contribution < 1.29 is 0 Å². The first-order chi connectivity index (χ1) is 9.01. The van der Waals surface area contributed by atoms with Crippen molar-refractivity contribution in [3.05, 3.63) is 28.2 Å². The van der Waals surface area contributed by atoms with Gasteiger partial charge in [-0.1, -0.05) is 22.0 Å². The number of nitrogens with one attached hydrogen (secondary N) is 1. The summed E-state index contributed by atoms with van der Waals surface area (Å²) in [5.41, 5.74) is 3.03. The van der Waals surface area contributed by atoms with Crippen molar-refractivity contribution in [1.82, 2.24) is 5.32 Å². The summed E-state index contributed by atoms with van der Waals surface area (Å²) < 4.78 is 1.21. The largest absolute Gasteiger partial charge is 0.365 e. The van der Waals surface area contributed by atoms with Gasteiger partial charge in [-0.05, 0) is 57.2 Å². The van der Waals surface area contributed by atoms with Crippen LogP contribution < -0.4 is 10.2 Å². The molecule has 1 heterocycles. The first kappa shape index (κ1) is 13.4. The highest BCUT2D eigenvalue weighted by Crippen LogP contribution is 2.42. The van der Waals surface area contributed by atoms with Gasteiger partial charge in [-0.2, -0.15) is 0 Å². The smallest absolute Gasteiger partial charge is 0.0410 e. The average Bonchev–Trinajstić information content (AvgIpc) is 3.21. The molecule has 2 atom stereocenters. The van der Waals surface area contributed by atoms with Gasteiger partial charge in [0.2, 0.25) is 0 Å². The summed E-state index contributed by atoms with van der Waals surface area (Å²) in [5, 5.41) is 3.79. The maximum absolute atomic E-state index is 3.79. The van der Waals surface area contributed by atoms with Crippen molar-refractivity contribution >= 4 is 21.6 Å². The standard InChI is InChI=1S/C16H23BrN2/c1-11-9-18-16(3,13-7-8-13)10-19(11)15-6-4-5-14(17)12(15)2/h4-6,11,13,18H,7-10H2,1-3H3. The maximum Gasteiger partial charge on any atom is 0.0410 e. The molecule has 1 saturated heterocycles. The van der Waals surface area contributed by atoms with Gasteiger partial charge >= 0.3 is 0 Å². The molecule has 1 aromatic carbocycles. The number of halogens is 1. The molecule has 1 saturated carbocycles. The van der Waals surface area contributed by atoms with E-state index >= 15 is 0 Å². The Labute approximate surface area is 124 Å². The Hall–Kier alpha value is -0.540. The third kappa shape index (κ3) is 2.43. The van der Waals surface area contributed by atoms with Crippen LogP contribution in [-0.4, -0.2) is 24.7 Å². The Balaban J connectivity index is 1.91. The summed E-state index contributed by atoms with van der Waals surface area (Å²) >= 11 is 3.66. The van der Waals surface area contributed by atoms with E-state index in [2.05, 4.69) is 65.1 Å². The van der Waals surface area contributed by atoms with Crippen LogP contribution in [0.1, 0.15) is 32.3 Å². The third-order valence-corrected chi connectivity index (χ3v) is 5.72. The predicted octanol–water partition coefficient (Wildman–Crippen LogP) is 3.72. The van der Waals surface area contributed by atoms with Gasteiger partial charge in [-0.3, -0.25) is 0 Å². The number of benzene rings is 1. The van der Waals surface area contributed by atoms with Gasteiger partial charge in [0.15, 0.2) is 0 Å². The summed E-state index contributed by atoms with van der Waals surface area (Å²) in [4.78, 5) is 2.59. The molecule has 19 heavy (non-hydrogen) atoms. The lowest BCUT2D eigenvalue weighted by atomic mass is 9.90. The van der Waals surface area contributed by atoms with E-state index in [4.69, 9.17) is 0 Å². The lowest BCUT2D eigenvalue weighted by Gasteiger charge is -2.47. The molecule has 0 aromatic heterocycles. The molecule has 1 N–H and O–H groups in total. The fourth-order valence-electron chi connectivity index (χ4n) is 3.28. The topological polar surface area (TPSA) is 15.3 Å². The number of piperazine rings is 1. The van der Waals surface area contributed by atoms with Crippen LogP contribution in [0.4, 0.5) is 5.69 Å². The second-order valence-corrected chi connectivity index (χ2v) is 7.29. The molecular formula is C16H23BrN2. The lowest BCUT2D eigenvalue weighted by Crippen LogP contribution is -2.63. The van der Waals surface area contributed by atoms with Crippen LogP contribution in [0.15, 0.2) is 22.7 Å². The highest BCUT2D eigenvalue weighted by atomic mass is 79.9. The van der Waals surface area contributed by atoms with Gasteiger partial charge in [0, 0.05) is 34.8 Å². The van der Waals surface area contributed by atoms with Crippen molar-refractivity contribution in [3.8, 4) is 0 Å². The van der Waals surface area contributed by atoms with Crippen molar-refractivity contribution in [2.75, 3.05) is 18.0 Å². The Morgan fingerprint density at radius 3 is 2.79 bits per heavy atom. The quantitative estimate of drug-likeness (QED) is 0.892. The lowest BCUT2D eigenvalue weighted by molar-refractivity contribution is 0.260. The second kappa shape index (κ2) is 4.78. The molecule has 2 fully saturated rings. The number of nitrogens with zero attached hydrogens (tertiary/aromatic N) is 1. The minimum absolute atomic E-state index is 0.293. The molecule has 0 spiro atoms. The molecule has 3 rings (SSSR count). The molecule has 0 amide bonds. The zero-order valence-electron chi connectivity index (χ0n) is 12.0. The third-order valence-electron chi connectivity index (χ3n) is 4.86. The highest BCUT2D eigenvalue weighted by molar-refractivity contribution is 9.10. The van der Waals surface area contributed by atoms with E-state index in [1.165, 1.54) is 28.6 Å². The van der Waals surface area contributed by atoms with E-state index in [-0.39, 0.29) is 0 Å². The Bertz CT molecular complexity index is 484. The van der Waals surface area contributed by atoms with Gasteiger partial charge < -0.3 is 10.2 Å². The van der Waals surface area contributed by atoms with Crippen LogP contribution in [0.5, 0.6) is 0 Å².